The number of carbonyl (C=O) groups excluding carboxylic acids is 2. The molecule has 0 spiro atoms. The van der Waals surface area contributed by atoms with E-state index in [2.05, 4.69) is 20.6 Å². The maximum atomic E-state index is 12.4. The van der Waals surface area contributed by atoms with Crippen molar-refractivity contribution in [3.8, 4) is 10.8 Å². The molecule has 4 heterocycles. The average Bonchev–Trinajstić information content (AvgIpc) is 3.33. The number of nitrogens with zero attached hydrogens (tertiary/aromatic N) is 3. The molecule has 28 heavy (non-hydrogen) atoms. The van der Waals surface area contributed by atoms with Crippen LogP contribution >= 0.6 is 11.3 Å². The van der Waals surface area contributed by atoms with Gasteiger partial charge in [-0.3, -0.25) is 9.59 Å². The zero-order valence-electron chi connectivity index (χ0n) is 15.3. The number of carbonyl (C=O) groups is 2. The first kappa shape index (κ1) is 18.2. The lowest BCUT2D eigenvalue weighted by Crippen LogP contribution is -2.48. The molecular formula is C19H19N5O3S. The summed E-state index contributed by atoms with van der Waals surface area (Å²) in [5.74, 6) is 1.67. The van der Waals surface area contributed by atoms with Gasteiger partial charge in [-0.25, -0.2) is 9.97 Å². The highest BCUT2D eigenvalue weighted by Gasteiger charge is 2.18. The molecule has 0 unspecified atom stereocenters. The van der Waals surface area contributed by atoms with Crippen LogP contribution in [0.5, 0.6) is 0 Å². The minimum absolute atomic E-state index is 0.0182. The molecule has 2 N–H and O–H groups in total. The quantitative estimate of drug-likeness (QED) is 0.685. The van der Waals surface area contributed by atoms with E-state index in [4.69, 9.17) is 4.42 Å². The fourth-order valence-corrected chi connectivity index (χ4v) is 3.59. The highest BCUT2D eigenvalue weighted by atomic mass is 32.1. The summed E-state index contributed by atoms with van der Waals surface area (Å²) in [6, 6.07) is 7.43. The first-order valence-electron chi connectivity index (χ1n) is 8.86. The lowest BCUT2D eigenvalue weighted by Gasteiger charge is -2.27. The second-order valence-electron chi connectivity index (χ2n) is 6.40. The molecule has 0 saturated carbocycles. The second kappa shape index (κ2) is 7.81. The van der Waals surface area contributed by atoms with Crippen LogP contribution in [0.1, 0.15) is 11.5 Å². The Bertz CT molecular complexity index is 982. The lowest BCUT2D eigenvalue weighted by molar-refractivity contribution is -0.120. The van der Waals surface area contributed by atoms with Crippen molar-refractivity contribution >= 4 is 34.7 Å². The lowest BCUT2D eigenvalue weighted by atomic mass is 10.2. The van der Waals surface area contributed by atoms with Crippen LogP contribution in [0.25, 0.3) is 10.8 Å². The van der Waals surface area contributed by atoms with Crippen molar-refractivity contribution in [3.05, 3.63) is 47.3 Å². The minimum atomic E-state index is -0.193. The molecule has 3 aromatic rings. The van der Waals surface area contributed by atoms with E-state index in [1.807, 2.05) is 22.4 Å². The van der Waals surface area contributed by atoms with Crippen molar-refractivity contribution in [2.45, 2.75) is 13.3 Å². The molecule has 0 aromatic carbocycles. The molecular weight excluding hydrogens is 378 g/mol. The Morgan fingerprint density at radius 1 is 1.39 bits per heavy atom. The average molecular weight is 397 g/mol. The van der Waals surface area contributed by atoms with Crippen LogP contribution in [0.4, 0.5) is 11.5 Å². The van der Waals surface area contributed by atoms with Crippen molar-refractivity contribution in [2.75, 3.05) is 29.9 Å². The summed E-state index contributed by atoms with van der Waals surface area (Å²) in [6.45, 7) is 3.40. The van der Waals surface area contributed by atoms with E-state index in [0.717, 1.165) is 4.88 Å². The number of piperazine rings is 1. The number of aryl methyl sites for hydroxylation is 1. The third-order valence-electron chi connectivity index (χ3n) is 4.35. The topological polar surface area (TPSA) is 100 Å². The molecule has 0 aliphatic carbocycles. The van der Waals surface area contributed by atoms with Gasteiger partial charge in [0.1, 0.15) is 11.6 Å². The second-order valence-corrected chi connectivity index (χ2v) is 7.35. The fourth-order valence-electron chi connectivity index (χ4n) is 2.94. The van der Waals surface area contributed by atoms with Gasteiger partial charge in [-0.15, -0.1) is 11.3 Å². The number of hydrogen-bond donors (Lipinski definition) is 2. The number of amides is 2. The number of pyridine rings is 1. The molecule has 4 rings (SSSR count). The van der Waals surface area contributed by atoms with Crippen molar-refractivity contribution in [1.82, 2.24) is 15.3 Å². The maximum absolute atomic E-state index is 12.4. The van der Waals surface area contributed by atoms with Gasteiger partial charge in [0, 0.05) is 13.1 Å². The van der Waals surface area contributed by atoms with Crippen molar-refractivity contribution in [1.29, 1.82) is 0 Å². The Kier molecular flexibility index (Phi) is 5.07. The van der Waals surface area contributed by atoms with Crippen LogP contribution < -0.4 is 15.5 Å². The molecule has 144 valence electrons. The predicted molar refractivity (Wildman–Crippen MR) is 106 cm³/mol. The summed E-state index contributed by atoms with van der Waals surface area (Å²) in [5.41, 5.74) is 1.21. The highest BCUT2D eigenvalue weighted by Crippen LogP contribution is 2.26. The van der Waals surface area contributed by atoms with Gasteiger partial charge < -0.3 is 20.0 Å². The molecule has 2 amide bonds. The van der Waals surface area contributed by atoms with Crippen molar-refractivity contribution in [2.24, 2.45) is 0 Å². The van der Waals surface area contributed by atoms with Crippen molar-refractivity contribution in [3.63, 3.8) is 0 Å². The number of anilines is 2. The van der Waals surface area contributed by atoms with Gasteiger partial charge in [0.2, 0.25) is 17.7 Å². The molecule has 1 fully saturated rings. The Balaban J connectivity index is 1.38. The smallest absolute Gasteiger partial charge is 0.239 e. The van der Waals surface area contributed by atoms with E-state index in [1.54, 1.807) is 25.3 Å². The van der Waals surface area contributed by atoms with Crippen LogP contribution in [0.15, 0.2) is 40.3 Å². The molecule has 1 saturated heterocycles. The van der Waals surface area contributed by atoms with Crippen LogP contribution in [-0.4, -0.2) is 41.4 Å². The fraction of sp³-hybridized carbons (Fsp3) is 0.263. The van der Waals surface area contributed by atoms with Crippen LogP contribution in [0.3, 0.4) is 0 Å². The van der Waals surface area contributed by atoms with Gasteiger partial charge in [-0.05, 0) is 30.5 Å². The Labute approximate surface area is 165 Å². The third kappa shape index (κ3) is 4.04. The largest absolute Gasteiger partial charge is 0.440 e. The number of rotatable bonds is 5. The molecule has 0 bridgehead atoms. The molecule has 0 radical (unpaired) electrons. The maximum Gasteiger partial charge on any atom is 0.239 e. The molecule has 1 aliphatic heterocycles. The third-order valence-corrected chi connectivity index (χ3v) is 5.20. The van der Waals surface area contributed by atoms with E-state index in [-0.39, 0.29) is 24.8 Å². The molecule has 8 nitrogen and oxygen atoms in total. The SMILES string of the molecule is Cc1oc(-c2cccs2)nc1CC(=O)Nc1ccc(N2CCNC(=O)C2)nc1. The van der Waals surface area contributed by atoms with Gasteiger partial charge in [0.05, 0.1) is 35.4 Å². The van der Waals surface area contributed by atoms with Gasteiger partial charge in [-0.1, -0.05) is 6.07 Å². The molecule has 9 heteroatoms. The standard InChI is InChI=1S/C19H19N5O3S/c1-12-14(23-19(27-12)15-3-2-8-28-15)9-17(25)22-13-4-5-16(21-10-13)24-7-6-20-18(26)11-24/h2-5,8,10H,6-7,9,11H2,1H3,(H,20,26)(H,22,25). The monoisotopic (exact) mass is 397 g/mol. The first-order valence-corrected chi connectivity index (χ1v) is 9.74. The zero-order valence-corrected chi connectivity index (χ0v) is 16.1. The van der Waals surface area contributed by atoms with Gasteiger partial charge >= 0.3 is 0 Å². The Morgan fingerprint density at radius 3 is 3.00 bits per heavy atom. The Morgan fingerprint density at radius 2 is 2.29 bits per heavy atom. The summed E-state index contributed by atoms with van der Waals surface area (Å²) in [5, 5.41) is 7.55. The van der Waals surface area contributed by atoms with Gasteiger partial charge in [-0.2, -0.15) is 0 Å². The van der Waals surface area contributed by atoms with Gasteiger partial charge in [0.25, 0.3) is 0 Å². The zero-order chi connectivity index (χ0) is 19.5. The van der Waals surface area contributed by atoms with E-state index < -0.39 is 0 Å². The normalized spacial score (nSPS) is 14.0. The van der Waals surface area contributed by atoms with E-state index >= 15 is 0 Å². The van der Waals surface area contributed by atoms with Gasteiger partial charge in [0.15, 0.2) is 0 Å². The number of hydrogen-bond acceptors (Lipinski definition) is 7. The predicted octanol–water partition coefficient (Wildman–Crippen LogP) is 2.22. The summed E-state index contributed by atoms with van der Waals surface area (Å²) < 4.78 is 5.67. The van der Waals surface area contributed by atoms with Crippen molar-refractivity contribution < 1.29 is 14.0 Å². The number of oxazole rings is 1. The van der Waals surface area contributed by atoms with Crippen LogP contribution in [0.2, 0.25) is 0 Å². The first-order chi connectivity index (χ1) is 13.6. The minimum Gasteiger partial charge on any atom is -0.440 e. The van der Waals surface area contributed by atoms with E-state index in [9.17, 15) is 9.59 Å². The number of thiophene rings is 1. The molecule has 0 atom stereocenters. The number of aromatic nitrogens is 2. The highest BCUT2D eigenvalue weighted by molar-refractivity contribution is 7.13. The number of nitrogens with one attached hydrogen (secondary N) is 2. The van der Waals surface area contributed by atoms with Crippen LogP contribution in [-0.2, 0) is 16.0 Å². The summed E-state index contributed by atoms with van der Waals surface area (Å²) in [7, 11) is 0. The van der Waals surface area contributed by atoms with Crippen LogP contribution in [0, 0.1) is 6.92 Å². The molecule has 3 aromatic heterocycles. The summed E-state index contributed by atoms with van der Waals surface area (Å²) >= 11 is 1.54. The summed E-state index contributed by atoms with van der Waals surface area (Å²) in [4.78, 5) is 35.5. The van der Waals surface area contributed by atoms with E-state index in [1.165, 1.54) is 11.3 Å². The summed E-state index contributed by atoms with van der Waals surface area (Å²) in [6.07, 6.45) is 1.71. The Hall–Kier alpha value is -3.20. The van der Waals surface area contributed by atoms with E-state index in [0.29, 0.717) is 41.9 Å². The molecule has 1 aliphatic rings.